The van der Waals surface area contributed by atoms with Crippen LogP contribution in [0.15, 0.2) is 60.7 Å². The molecular formula is C20H24ClO7P. The minimum atomic E-state index is -3.98. The summed E-state index contributed by atoms with van der Waals surface area (Å²) in [5.41, 5.74) is 1.62. The molecule has 0 bridgehead atoms. The average molecular weight is 443 g/mol. The van der Waals surface area contributed by atoms with Gasteiger partial charge in [0.15, 0.2) is 6.07 Å². The van der Waals surface area contributed by atoms with Gasteiger partial charge in [0.2, 0.25) is 0 Å². The van der Waals surface area contributed by atoms with E-state index in [-0.39, 0.29) is 19.3 Å². The van der Waals surface area contributed by atoms with Crippen molar-refractivity contribution in [3.8, 4) is 0 Å². The zero-order valence-corrected chi connectivity index (χ0v) is 17.9. The molecule has 0 amide bonds. The molecule has 7 nitrogen and oxygen atoms in total. The van der Waals surface area contributed by atoms with E-state index in [0.29, 0.717) is 0 Å². The van der Waals surface area contributed by atoms with E-state index < -0.39 is 26.2 Å². The third kappa shape index (κ3) is 8.56. The second-order valence-electron chi connectivity index (χ2n) is 6.10. The van der Waals surface area contributed by atoms with Crippen molar-refractivity contribution >= 4 is 25.6 Å². The van der Waals surface area contributed by atoms with Gasteiger partial charge in [-0.2, -0.15) is 0 Å². The van der Waals surface area contributed by atoms with Gasteiger partial charge < -0.3 is 9.47 Å². The number of ether oxygens (including phenoxy) is 2. The summed E-state index contributed by atoms with van der Waals surface area (Å²) in [5, 5.41) is 0. The van der Waals surface area contributed by atoms with Gasteiger partial charge in [-0.1, -0.05) is 72.3 Å². The summed E-state index contributed by atoms with van der Waals surface area (Å²) in [6.45, 7) is 3.22. The van der Waals surface area contributed by atoms with Crippen molar-refractivity contribution in [2.24, 2.45) is 0 Å². The zero-order valence-electron chi connectivity index (χ0n) is 16.2. The van der Waals surface area contributed by atoms with E-state index in [9.17, 15) is 9.36 Å². The molecule has 0 heterocycles. The number of benzene rings is 2. The first-order valence-corrected chi connectivity index (χ1v) is 11.0. The van der Waals surface area contributed by atoms with Crippen molar-refractivity contribution in [3.63, 3.8) is 0 Å². The van der Waals surface area contributed by atoms with Crippen LogP contribution in [0.4, 0.5) is 4.79 Å². The molecular weight excluding hydrogens is 419 g/mol. The second kappa shape index (κ2) is 12.0. The number of hydrogen-bond donors (Lipinski definition) is 0. The Morgan fingerprint density at radius 2 is 1.38 bits per heavy atom. The number of rotatable bonds is 11. The fourth-order valence-electron chi connectivity index (χ4n) is 2.17. The van der Waals surface area contributed by atoms with Crippen LogP contribution in [-0.4, -0.2) is 24.4 Å². The lowest BCUT2D eigenvalue weighted by atomic mass is 10.2. The molecule has 0 aliphatic heterocycles. The van der Waals surface area contributed by atoms with E-state index in [1.54, 1.807) is 13.8 Å². The van der Waals surface area contributed by atoms with Crippen LogP contribution in [0.2, 0.25) is 0 Å². The smallest absolute Gasteiger partial charge is 0.428 e. The van der Waals surface area contributed by atoms with E-state index in [4.69, 9.17) is 29.9 Å². The Balaban J connectivity index is 2.03. The predicted molar refractivity (Wildman–Crippen MR) is 108 cm³/mol. The Bertz CT molecular complexity index is 740. The topological polar surface area (TPSA) is 80.3 Å². The lowest BCUT2D eigenvalue weighted by molar-refractivity contribution is -0.0209. The number of carbonyl (C=O) groups is 1. The minimum Gasteiger partial charge on any atom is -0.428 e. The van der Waals surface area contributed by atoms with Crippen molar-refractivity contribution in [2.45, 2.75) is 39.3 Å². The molecule has 0 aromatic heterocycles. The Labute approximate surface area is 175 Å². The number of phosphoric ester groups is 1. The average Bonchev–Trinajstić information content (AvgIpc) is 2.72. The minimum absolute atomic E-state index is 0.0309. The highest BCUT2D eigenvalue weighted by molar-refractivity contribution is 7.48. The zero-order chi connectivity index (χ0) is 21.1. The van der Waals surface area contributed by atoms with Crippen LogP contribution >= 0.6 is 19.4 Å². The summed E-state index contributed by atoms with van der Waals surface area (Å²) in [4.78, 5) is 11.4. The molecule has 0 fully saturated rings. The molecule has 2 aromatic rings. The van der Waals surface area contributed by atoms with Crippen molar-refractivity contribution in [1.29, 1.82) is 0 Å². The van der Waals surface area contributed by atoms with Crippen molar-refractivity contribution < 1.29 is 32.4 Å². The first-order chi connectivity index (χ1) is 13.9. The van der Waals surface area contributed by atoms with Crippen LogP contribution in [0.5, 0.6) is 0 Å². The molecule has 29 heavy (non-hydrogen) atoms. The maximum absolute atomic E-state index is 13.2. The fraction of sp³-hybridized carbons (Fsp3) is 0.350. The Morgan fingerprint density at radius 3 is 1.83 bits per heavy atom. The summed E-state index contributed by atoms with van der Waals surface area (Å²) in [6.07, 6.45) is -2.52. The van der Waals surface area contributed by atoms with E-state index in [2.05, 4.69) is 4.74 Å². The highest BCUT2D eigenvalue weighted by atomic mass is 35.5. The molecule has 158 valence electrons. The second-order valence-corrected chi connectivity index (χ2v) is 7.94. The molecule has 2 aromatic carbocycles. The molecule has 0 radical (unpaired) electrons. The van der Waals surface area contributed by atoms with Gasteiger partial charge in [-0.15, -0.1) is 0 Å². The van der Waals surface area contributed by atoms with Gasteiger partial charge in [0.1, 0.15) is 12.2 Å². The first-order valence-electron chi connectivity index (χ1n) is 8.96. The van der Waals surface area contributed by atoms with Crippen molar-refractivity contribution in [2.75, 3.05) is 6.07 Å². The summed E-state index contributed by atoms with van der Waals surface area (Å²) < 4.78 is 39.4. The Hall–Kier alpha value is -1.89. The lowest BCUT2D eigenvalue weighted by Gasteiger charge is -2.25. The molecule has 0 aliphatic rings. The largest absolute Gasteiger partial charge is 0.509 e. The van der Waals surface area contributed by atoms with Gasteiger partial charge in [0.05, 0.1) is 13.2 Å². The van der Waals surface area contributed by atoms with Crippen molar-refractivity contribution in [1.82, 2.24) is 0 Å². The molecule has 2 rings (SSSR count). The molecule has 0 aliphatic carbocycles. The van der Waals surface area contributed by atoms with Crippen LogP contribution in [0.3, 0.4) is 0 Å². The number of hydrogen-bond acceptors (Lipinski definition) is 7. The Morgan fingerprint density at radius 1 is 0.897 bits per heavy atom. The van der Waals surface area contributed by atoms with Gasteiger partial charge in [-0.3, -0.25) is 13.6 Å². The van der Waals surface area contributed by atoms with Gasteiger partial charge >= 0.3 is 14.0 Å². The van der Waals surface area contributed by atoms with Gasteiger partial charge in [-0.25, -0.2) is 9.36 Å². The van der Waals surface area contributed by atoms with E-state index >= 15 is 0 Å². The fourth-order valence-corrected chi connectivity index (χ4v) is 3.65. The van der Waals surface area contributed by atoms with Gasteiger partial charge in [0.25, 0.3) is 0 Å². The number of halogens is 1. The SMILES string of the molecule is C[C@H](OC(=O)OCCl)[C@H](C)OP(=O)(OCc1ccccc1)OCc1ccccc1. The number of carbonyl (C=O) groups excluding carboxylic acids is 1. The van der Waals surface area contributed by atoms with Crippen LogP contribution in [0.25, 0.3) is 0 Å². The molecule has 9 heteroatoms. The summed E-state index contributed by atoms with van der Waals surface area (Å²) in [5.74, 6) is 0. The predicted octanol–water partition coefficient (Wildman–Crippen LogP) is 5.67. The van der Waals surface area contributed by atoms with Crippen LogP contribution < -0.4 is 0 Å². The van der Waals surface area contributed by atoms with Crippen LogP contribution in [0.1, 0.15) is 25.0 Å². The van der Waals surface area contributed by atoms with Gasteiger partial charge in [0, 0.05) is 0 Å². The summed E-state index contributed by atoms with van der Waals surface area (Å²) >= 11 is 5.33. The molecule has 0 N–H and O–H groups in total. The summed E-state index contributed by atoms with van der Waals surface area (Å²) in [7, 11) is -3.98. The van der Waals surface area contributed by atoms with Crippen molar-refractivity contribution in [3.05, 3.63) is 71.8 Å². The summed E-state index contributed by atoms with van der Waals surface area (Å²) in [6, 6.07) is 18.1. The number of alkyl halides is 1. The molecule has 0 unspecified atom stereocenters. The highest BCUT2D eigenvalue weighted by Gasteiger charge is 2.33. The normalized spacial score (nSPS) is 13.5. The van der Waals surface area contributed by atoms with Crippen LogP contribution in [0, 0.1) is 0 Å². The quantitative estimate of drug-likeness (QED) is 0.252. The van der Waals surface area contributed by atoms with E-state index in [0.717, 1.165) is 11.1 Å². The molecule has 2 atom stereocenters. The highest BCUT2D eigenvalue weighted by Crippen LogP contribution is 2.52. The van der Waals surface area contributed by atoms with E-state index in [1.165, 1.54) is 0 Å². The molecule has 0 saturated carbocycles. The maximum atomic E-state index is 13.2. The molecule has 0 spiro atoms. The van der Waals surface area contributed by atoms with Crippen LogP contribution in [-0.2, 0) is 40.8 Å². The standard InChI is InChI=1S/C20H24ClO7P/c1-16(27-20(22)24-15-21)17(2)28-29(23,25-13-18-9-5-3-6-10-18)26-14-19-11-7-4-8-12-19/h3-12,16-17H,13-15H2,1-2H3/t16-,17-/m0/s1. The third-order valence-electron chi connectivity index (χ3n) is 3.88. The van der Waals surface area contributed by atoms with Gasteiger partial charge in [-0.05, 0) is 25.0 Å². The van der Waals surface area contributed by atoms with E-state index in [1.807, 2.05) is 60.7 Å². The lowest BCUT2D eigenvalue weighted by Crippen LogP contribution is -2.28. The monoisotopic (exact) mass is 442 g/mol. The number of phosphoric acid groups is 1. The third-order valence-corrected chi connectivity index (χ3v) is 5.47. The maximum Gasteiger partial charge on any atom is 0.509 e. The Kier molecular flexibility index (Phi) is 9.64. The molecule has 0 saturated heterocycles. The first kappa shape index (κ1) is 23.4.